The SMILES string of the molecule is O=C(O)c1cc(OCCCCn2cncn2)c2cccc(C(F)(F)F)c2n1. The van der Waals surface area contributed by atoms with Gasteiger partial charge in [-0.1, -0.05) is 6.07 Å². The van der Waals surface area contributed by atoms with Crippen LogP contribution in [0.1, 0.15) is 28.9 Å². The van der Waals surface area contributed by atoms with Crippen LogP contribution in [0.15, 0.2) is 36.9 Å². The zero-order valence-electron chi connectivity index (χ0n) is 14.0. The van der Waals surface area contributed by atoms with Crippen molar-refractivity contribution < 1.29 is 27.8 Å². The number of aromatic nitrogens is 4. The van der Waals surface area contributed by atoms with E-state index in [1.54, 1.807) is 11.0 Å². The van der Waals surface area contributed by atoms with Crippen molar-refractivity contribution in [2.24, 2.45) is 0 Å². The highest BCUT2D eigenvalue weighted by Gasteiger charge is 2.34. The number of nitrogens with zero attached hydrogens (tertiary/aromatic N) is 4. The quantitative estimate of drug-likeness (QED) is 0.632. The van der Waals surface area contributed by atoms with Crippen LogP contribution < -0.4 is 4.74 Å². The number of halogens is 3. The lowest BCUT2D eigenvalue weighted by Gasteiger charge is -2.14. The minimum absolute atomic E-state index is 0.0595. The summed E-state index contributed by atoms with van der Waals surface area (Å²) >= 11 is 0. The van der Waals surface area contributed by atoms with Crippen LogP contribution in [0.4, 0.5) is 13.2 Å². The molecule has 0 aliphatic rings. The van der Waals surface area contributed by atoms with Gasteiger partial charge in [-0.05, 0) is 25.0 Å². The van der Waals surface area contributed by atoms with Crippen LogP contribution in [0, 0.1) is 0 Å². The van der Waals surface area contributed by atoms with Crippen LogP contribution >= 0.6 is 0 Å². The van der Waals surface area contributed by atoms with Crippen molar-refractivity contribution in [3.8, 4) is 5.75 Å². The molecule has 0 radical (unpaired) electrons. The first-order valence-electron chi connectivity index (χ1n) is 8.06. The van der Waals surface area contributed by atoms with Gasteiger partial charge in [-0.15, -0.1) is 0 Å². The molecular weight excluding hydrogens is 365 g/mol. The maximum atomic E-state index is 13.2. The summed E-state index contributed by atoms with van der Waals surface area (Å²) < 4.78 is 46.9. The van der Waals surface area contributed by atoms with Gasteiger partial charge in [-0.2, -0.15) is 18.3 Å². The van der Waals surface area contributed by atoms with Crippen LogP contribution in [0.2, 0.25) is 0 Å². The Morgan fingerprint density at radius 1 is 1.26 bits per heavy atom. The number of ether oxygens (including phenoxy) is 1. The molecule has 2 heterocycles. The number of pyridine rings is 1. The number of rotatable bonds is 7. The molecule has 0 saturated carbocycles. The van der Waals surface area contributed by atoms with E-state index in [2.05, 4.69) is 15.1 Å². The van der Waals surface area contributed by atoms with Gasteiger partial charge in [0.15, 0.2) is 5.69 Å². The first-order chi connectivity index (χ1) is 12.9. The maximum Gasteiger partial charge on any atom is 0.418 e. The minimum Gasteiger partial charge on any atom is -0.493 e. The highest BCUT2D eigenvalue weighted by molar-refractivity contribution is 5.94. The van der Waals surface area contributed by atoms with Gasteiger partial charge in [0.2, 0.25) is 0 Å². The highest BCUT2D eigenvalue weighted by atomic mass is 19.4. The van der Waals surface area contributed by atoms with E-state index in [0.29, 0.717) is 19.4 Å². The Morgan fingerprint density at radius 3 is 2.74 bits per heavy atom. The van der Waals surface area contributed by atoms with Gasteiger partial charge in [-0.25, -0.2) is 14.8 Å². The molecule has 1 aromatic carbocycles. The molecule has 0 bridgehead atoms. The summed E-state index contributed by atoms with van der Waals surface area (Å²) in [7, 11) is 0. The standard InChI is InChI=1S/C17H15F3N4O3/c18-17(19,20)12-5-3-4-11-14(8-13(16(25)26)23-15(11)12)27-7-2-1-6-24-10-21-9-22-24/h3-5,8-10H,1-2,6-7H2,(H,25,26). The van der Waals surface area contributed by atoms with Crippen LogP contribution in [0.25, 0.3) is 10.9 Å². The van der Waals surface area contributed by atoms with E-state index in [-0.39, 0.29) is 17.7 Å². The Bertz CT molecular complexity index is 942. The largest absolute Gasteiger partial charge is 0.493 e. The van der Waals surface area contributed by atoms with E-state index >= 15 is 0 Å². The summed E-state index contributed by atoms with van der Waals surface area (Å²) in [6, 6.07) is 4.67. The predicted molar refractivity (Wildman–Crippen MR) is 88.5 cm³/mol. The van der Waals surface area contributed by atoms with Crippen molar-refractivity contribution in [2.75, 3.05) is 6.61 Å². The molecule has 3 rings (SSSR count). The van der Waals surface area contributed by atoms with E-state index in [0.717, 1.165) is 12.1 Å². The van der Waals surface area contributed by atoms with Crippen LogP contribution in [-0.4, -0.2) is 37.4 Å². The van der Waals surface area contributed by atoms with Crippen LogP contribution in [0.5, 0.6) is 5.75 Å². The van der Waals surface area contributed by atoms with E-state index < -0.39 is 28.9 Å². The Kier molecular flexibility index (Phi) is 5.24. The third kappa shape index (κ3) is 4.33. The molecule has 0 aliphatic carbocycles. The average Bonchev–Trinajstić information content (AvgIpc) is 3.13. The highest BCUT2D eigenvalue weighted by Crippen LogP contribution is 2.37. The molecule has 7 nitrogen and oxygen atoms in total. The monoisotopic (exact) mass is 380 g/mol. The van der Waals surface area contributed by atoms with E-state index in [4.69, 9.17) is 9.84 Å². The summed E-state index contributed by atoms with van der Waals surface area (Å²) in [5.41, 5.74) is -1.95. The zero-order valence-corrected chi connectivity index (χ0v) is 14.0. The van der Waals surface area contributed by atoms with Crippen molar-refractivity contribution in [3.63, 3.8) is 0 Å². The number of aromatic carboxylic acids is 1. The Balaban J connectivity index is 1.82. The smallest absolute Gasteiger partial charge is 0.418 e. The molecule has 0 saturated heterocycles. The third-order valence-electron chi connectivity index (χ3n) is 3.83. The lowest BCUT2D eigenvalue weighted by Crippen LogP contribution is -2.10. The van der Waals surface area contributed by atoms with Crippen LogP contribution in [-0.2, 0) is 12.7 Å². The summed E-state index contributed by atoms with van der Waals surface area (Å²) in [4.78, 5) is 18.7. The van der Waals surface area contributed by atoms with E-state index in [1.807, 2.05) is 0 Å². The molecule has 0 amide bonds. The Labute approximate surface area is 151 Å². The second-order valence-corrected chi connectivity index (χ2v) is 5.72. The van der Waals surface area contributed by atoms with Crippen molar-refractivity contribution in [2.45, 2.75) is 25.6 Å². The predicted octanol–water partition coefficient (Wildman–Crippen LogP) is 3.40. The first kappa shape index (κ1) is 18.6. The molecule has 2 aromatic heterocycles. The maximum absolute atomic E-state index is 13.2. The number of benzene rings is 1. The normalized spacial score (nSPS) is 11.7. The molecule has 0 atom stereocenters. The number of alkyl halides is 3. The second kappa shape index (κ2) is 7.60. The summed E-state index contributed by atoms with van der Waals surface area (Å²) in [5.74, 6) is -1.37. The molecule has 3 aromatic rings. The topological polar surface area (TPSA) is 90.1 Å². The second-order valence-electron chi connectivity index (χ2n) is 5.72. The molecule has 0 unspecified atom stereocenters. The fraction of sp³-hybridized carbons (Fsp3) is 0.294. The number of aryl methyl sites for hydroxylation is 1. The van der Waals surface area contributed by atoms with Gasteiger partial charge in [0.25, 0.3) is 0 Å². The van der Waals surface area contributed by atoms with Gasteiger partial charge < -0.3 is 9.84 Å². The van der Waals surface area contributed by atoms with Gasteiger partial charge in [0.05, 0.1) is 17.7 Å². The number of unbranched alkanes of at least 4 members (excludes halogenated alkanes) is 1. The average molecular weight is 380 g/mol. The van der Waals surface area contributed by atoms with Gasteiger partial charge >= 0.3 is 12.1 Å². The van der Waals surface area contributed by atoms with Gasteiger partial charge in [-0.3, -0.25) is 4.68 Å². The molecular formula is C17H15F3N4O3. The van der Waals surface area contributed by atoms with Crippen molar-refractivity contribution >= 4 is 16.9 Å². The minimum atomic E-state index is -4.65. The van der Waals surface area contributed by atoms with Crippen LogP contribution in [0.3, 0.4) is 0 Å². The molecule has 27 heavy (non-hydrogen) atoms. The van der Waals surface area contributed by atoms with Gasteiger partial charge in [0, 0.05) is 18.0 Å². The third-order valence-corrected chi connectivity index (χ3v) is 3.83. The number of hydrogen-bond acceptors (Lipinski definition) is 5. The molecule has 0 fully saturated rings. The number of carbonyl (C=O) groups is 1. The first-order valence-corrected chi connectivity index (χ1v) is 8.06. The van der Waals surface area contributed by atoms with Crippen molar-refractivity contribution in [1.82, 2.24) is 19.7 Å². The van der Waals surface area contributed by atoms with E-state index in [9.17, 15) is 18.0 Å². The fourth-order valence-electron chi connectivity index (χ4n) is 2.58. The summed E-state index contributed by atoms with van der Waals surface area (Å²) in [6.07, 6.45) is -0.337. The molecule has 142 valence electrons. The molecule has 10 heteroatoms. The number of para-hydroxylation sites is 1. The lowest BCUT2D eigenvalue weighted by molar-refractivity contribution is -0.136. The molecule has 0 spiro atoms. The number of carboxylic acid groups (broad SMARTS) is 1. The van der Waals surface area contributed by atoms with Crippen molar-refractivity contribution in [1.29, 1.82) is 0 Å². The molecule has 0 aliphatic heterocycles. The van der Waals surface area contributed by atoms with Crippen molar-refractivity contribution in [3.05, 3.63) is 48.2 Å². The Hall–Kier alpha value is -3.17. The summed E-state index contributed by atoms with van der Waals surface area (Å²) in [6.45, 7) is 0.835. The Morgan fingerprint density at radius 2 is 2.07 bits per heavy atom. The fourth-order valence-corrected chi connectivity index (χ4v) is 2.58. The molecule has 1 N–H and O–H groups in total. The number of carboxylic acids is 1. The summed E-state index contributed by atoms with van der Waals surface area (Å²) in [5, 5.41) is 13.2. The zero-order chi connectivity index (χ0) is 19.4. The number of hydrogen-bond donors (Lipinski definition) is 1. The van der Waals surface area contributed by atoms with Gasteiger partial charge in [0.1, 0.15) is 18.4 Å². The van der Waals surface area contributed by atoms with E-state index in [1.165, 1.54) is 18.5 Å². The lowest BCUT2D eigenvalue weighted by atomic mass is 10.1. The number of fused-ring (bicyclic) bond motifs is 1.